The molecule has 4 unspecified atom stereocenters. The van der Waals surface area contributed by atoms with Crippen LogP contribution in [0.1, 0.15) is 42.5 Å². The third kappa shape index (κ3) is 5.91. The number of nitrogens with zero attached hydrogens (tertiary/aromatic N) is 8. The van der Waals surface area contributed by atoms with Gasteiger partial charge >= 0.3 is 0 Å². The number of rotatable bonds is 10. The lowest BCUT2D eigenvalue weighted by molar-refractivity contribution is 0.680. The lowest BCUT2D eigenvalue weighted by Crippen LogP contribution is -2.02. The van der Waals surface area contributed by atoms with Gasteiger partial charge in [0.05, 0.1) is 62.4 Å². The fourth-order valence-corrected chi connectivity index (χ4v) is 14.4. The van der Waals surface area contributed by atoms with Crippen LogP contribution in [0.15, 0.2) is 49.9 Å². The van der Waals surface area contributed by atoms with Crippen molar-refractivity contribution in [3.63, 3.8) is 0 Å². The minimum atomic E-state index is -1.33. The van der Waals surface area contributed by atoms with Gasteiger partial charge in [-0.3, -0.25) is 8.42 Å². The maximum atomic E-state index is 14.1. The second-order valence-electron chi connectivity index (χ2n) is 14.1. The fraction of sp³-hybridized carbons (Fsp3) is 0.297. The van der Waals surface area contributed by atoms with E-state index in [0.29, 0.717) is 25.5 Å². The summed E-state index contributed by atoms with van der Waals surface area (Å²) in [5, 5.41) is 7.43. The smallest absolute Gasteiger partial charge is 0.142 e. The highest BCUT2D eigenvalue weighted by atomic mass is 32.2. The molecule has 0 aromatic carbocycles. The normalized spacial score (nSPS) is 18.1. The lowest BCUT2D eigenvalue weighted by Gasteiger charge is -2.09. The Hall–Kier alpha value is -4.20. The Morgan fingerprint density at radius 3 is 1.96 bits per heavy atom. The van der Waals surface area contributed by atoms with E-state index in [-0.39, 0.29) is 17.1 Å². The second kappa shape index (κ2) is 13.2. The molecule has 2 saturated carbocycles. The number of aryl methyl sites for hydroxylation is 2. The van der Waals surface area contributed by atoms with Gasteiger partial charge in [0.2, 0.25) is 0 Å². The number of hydrogen-bond acceptors (Lipinski definition) is 14. The van der Waals surface area contributed by atoms with Gasteiger partial charge in [0.25, 0.3) is 0 Å². The zero-order valence-electron chi connectivity index (χ0n) is 30.1. The van der Waals surface area contributed by atoms with E-state index in [1.165, 1.54) is 34.0 Å². The van der Waals surface area contributed by atoms with Crippen LogP contribution in [0.2, 0.25) is 0 Å². The Kier molecular flexibility index (Phi) is 8.45. The molecule has 18 heteroatoms. The van der Waals surface area contributed by atoms with Crippen molar-refractivity contribution in [2.24, 2.45) is 20.0 Å². The highest BCUT2D eigenvalue weighted by molar-refractivity contribution is 7.88. The van der Waals surface area contributed by atoms with Gasteiger partial charge in [-0.2, -0.15) is 0 Å². The van der Waals surface area contributed by atoms with Crippen molar-refractivity contribution in [1.82, 2.24) is 39.0 Å². The topological polar surface area (TPSA) is 173 Å². The number of anilines is 2. The molecule has 2 aliphatic rings. The Morgan fingerprint density at radius 1 is 0.800 bits per heavy atom. The summed E-state index contributed by atoms with van der Waals surface area (Å²) in [7, 11) is 1.48. The molecule has 0 bridgehead atoms. The first-order valence-electron chi connectivity index (χ1n) is 17.6. The number of aromatic nitrogens is 8. The molecule has 8 heterocycles. The van der Waals surface area contributed by atoms with Crippen molar-refractivity contribution in [2.75, 3.05) is 17.2 Å². The zero-order chi connectivity index (χ0) is 37.9. The number of fused-ring (bicyclic) bond motifs is 2. The first kappa shape index (κ1) is 35.2. The number of nitrogens with two attached hydrogens (primary N) is 2. The van der Waals surface area contributed by atoms with Crippen LogP contribution in [0.4, 0.5) is 11.4 Å². The number of imidazole rings is 2. The molecule has 280 valence electrons. The van der Waals surface area contributed by atoms with Gasteiger partial charge in [-0.15, -0.1) is 45.3 Å². The van der Waals surface area contributed by atoms with Gasteiger partial charge in [-0.05, 0) is 51.2 Å². The molecular formula is C37H34N10O2S6. The molecule has 4 atom stereocenters. The highest BCUT2D eigenvalue weighted by Gasteiger charge is 2.42. The Balaban J connectivity index is 0.944. The third-order valence-electron chi connectivity index (χ3n) is 10.6. The molecule has 0 spiro atoms. The van der Waals surface area contributed by atoms with Crippen molar-refractivity contribution in [1.29, 1.82) is 0 Å². The summed E-state index contributed by atoms with van der Waals surface area (Å²) in [6.07, 6.45) is 8.28. The van der Waals surface area contributed by atoms with Crippen molar-refractivity contribution in [2.45, 2.75) is 52.7 Å². The molecule has 55 heavy (non-hydrogen) atoms. The van der Waals surface area contributed by atoms with E-state index in [1.54, 1.807) is 17.5 Å². The van der Waals surface area contributed by atoms with Crippen LogP contribution < -0.4 is 11.5 Å². The van der Waals surface area contributed by atoms with Gasteiger partial charge < -0.3 is 20.6 Å². The molecule has 0 amide bonds. The Labute approximate surface area is 336 Å². The highest BCUT2D eigenvalue weighted by Crippen LogP contribution is 2.51. The largest absolute Gasteiger partial charge is 0.396 e. The molecular weight excluding hydrogens is 809 g/mol. The predicted molar refractivity (Wildman–Crippen MR) is 226 cm³/mol. The molecule has 2 fully saturated rings. The monoisotopic (exact) mass is 842 g/mol. The van der Waals surface area contributed by atoms with Crippen LogP contribution in [0.25, 0.3) is 64.4 Å². The maximum absolute atomic E-state index is 14.1. The third-order valence-corrected chi connectivity index (χ3v) is 18.6. The van der Waals surface area contributed by atoms with Crippen molar-refractivity contribution >= 4 is 98.8 Å². The summed E-state index contributed by atoms with van der Waals surface area (Å²) < 4.78 is 32.8. The zero-order valence-corrected chi connectivity index (χ0v) is 35.0. The van der Waals surface area contributed by atoms with Crippen LogP contribution in [0.3, 0.4) is 0 Å². The number of thiophene rings is 2. The molecule has 0 radical (unpaired) electrons. The lowest BCUT2D eigenvalue weighted by atomic mass is 10.1. The summed E-state index contributed by atoms with van der Waals surface area (Å²) in [6.45, 7) is 3.93. The minimum absolute atomic E-state index is 0.168. The van der Waals surface area contributed by atoms with Crippen LogP contribution in [0.5, 0.6) is 0 Å². The van der Waals surface area contributed by atoms with Crippen LogP contribution in [-0.2, 0) is 35.7 Å². The fourth-order valence-electron chi connectivity index (χ4n) is 7.07. The molecule has 8 aromatic rings. The van der Waals surface area contributed by atoms with E-state index in [1.807, 2.05) is 67.0 Å². The van der Waals surface area contributed by atoms with E-state index < -0.39 is 21.6 Å². The summed E-state index contributed by atoms with van der Waals surface area (Å²) in [5.74, 6) is 2.64. The van der Waals surface area contributed by atoms with Crippen LogP contribution in [-0.4, -0.2) is 58.5 Å². The number of nitrogen functional groups attached to an aromatic ring is 2. The van der Waals surface area contributed by atoms with E-state index in [4.69, 9.17) is 26.4 Å². The average molecular weight is 843 g/mol. The first-order valence-corrected chi connectivity index (χ1v) is 23.6. The average Bonchev–Trinajstić information content (AvgIpc) is 3.69. The molecule has 0 saturated heterocycles. The molecule has 2 aliphatic carbocycles. The van der Waals surface area contributed by atoms with Crippen LogP contribution >= 0.6 is 45.3 Å². The van der Waals surface area contributed by atoms with Crippen molar-refractivity contribution in [3.05, 3.63) is 58.8 Å². The van der Waals surface area contributed by atoms with Crippen molar-refractivity contribution in [3.8, 4) is 43.9 Å². The summed E-state index contributed by atoms with van der Waals surface area (Å²) in [6, 6.07) is 4.05. The minimum Gasteiger partial charge on any atom is -0.396 e. The van der Waals surface area contributed by atoms with Gasteiger partial charge in [-0.1, -0.05) is 0 Å². The van der Waals surface area contributed by atoms with Crippen LogP contribution in [0, 0.1) is 19.8 Å². The van der Waals surface area contributed by atoms with E-state index >= 15 is 0 Å². The van der Waals surface area contributed by atoms with E-state index in [2.05, 4.69) is 20.3 Å². The number of thiazole rings is 2. The molecule has 10 rings (SSSR count). The Morgan fingerprint density at radius 2 is 1.40 bits per heavy atom. The summed E-state index contributed by atoms with van der Waals surface area (Å²) >= 11 is 5.90. The molecule has 4 N–H and O–H groups in total. The SMILES string of the molecule is Cc1ncc(-c2cc(-c3nccs3)nc3sc(S(=O)CC4CC4c4csc(-c5cc(-c6cnc(C)n6C)c6c(N)c(S(=O)C7CC7)sc6n5)n4)c(N)c23)n1C. The summed E-state index contributed by atoms with van der Waals surface area (Å²) in [4.78, 5) is 30.1. The number of hydrogen-bond donors (Lipinski definition) is 2. The second-order valence-corrected chi connectivity index (χ2v) is 21.5. The molecule has 12 nitrogen and oxygen atoms in total. The van der Waals surface area contributed by atoms with E-state index in [0.717, 1.165) is 101 Å². The van der Waals surface area contributed by atoms with Gasteiger partial charge in [0, 0.05) is 69.9 Å². The van der Waals surface area contributed by atoms with E-state index in [9.17, 15) is 8.42 Å². The molecule has 0 aliphatic heterocycles. The van der Waals surface area contributed by atoms with Crippen molar-refractivity contribution < 1.29 is 8.42 Å². The summed E-state index contributed by atoms with van der Waals surface area (Å²) in [5.41, 5.74) is 20.8. The number of pyridine rings is 2. The molecule has 8 aromatic heterocycles. The van der Waals surface area contributed by atoms with Gasteiger partial charge in [0.15, 0.2) is 0 Å². The maximum Gasteiger partial charge on any atom is 0.142 e. The quantitative estimate of drug-likeness (QED) is 0.138. The van der Waals surface area contributed by atoms with Gasteiger partial charge in [-0.25, -0.2) is 29.9 Å². The first-order chi connectivity index (χ1) is 26.5. The Bertz CT molecular complexity index is 2880. The van der Waals surface area contributed by atoms with Gasteiger partial charge in [0.1, 0.15) is 51.1 Å². The predicted octanol–water partition coefficient (Wildman–Crippen LogP) is 7.92. The standard InChI is InChI=1S/C37H34N10O2S6/c1-16-41-12-26(46(16)3)21-10-23(32-40-7-8-50-32)43-34-28(21)30(38)36(52-34)54(48)15-18-9-20(18)25-14-51-33(45-25)24-11-22(27-13-42-17(2)47(27)4)29-31(39)37(53-35(29)44-24)55(49)19-5-6-19/h7-8,10-14,18-20H,5-6,9,15,38-39H2,1-4H3.